The van der Waals surface area contributed by atoms with Gasteiger partial charge in [0.25, 0.3) is 5.91 Å². The van der Waals surface area contributed by atoms with Crippen molar-refractivity contribution in [3.63, 3.8) is 0 Å². The summed E-state index contributed by atoms with van der Waals surface area (Å²) < 4.78 is 27.2. The van der Waals surface area contributed by atoms with Gasteiger partial charge in [-0.2, -0.15) is 4.31 Å². The Morgan fingerprint density at radius 2 is 1.47 bits per heavy atom. The van der Waals surface area contributed by atoms with Gasteiger partial charge in [-0.05, 0) is 56.7 Å². The summed E-state index contributed by atoms with van der Waals surface area (Å²) in [6.07, 6.45) is 5.10. The fourth-order valence-electron chi connectivity index (χ4n) is 4.60. The number of piperidine rings is 1. The lowest BCUT2D eigenvalue weighted by atomic mass is 9.95. The first-order valence-electron chi connectivity index (χ1n) is 10.8. The lowest BCUT2D eigenvalue weighted by Crippen LogP contribution is -2.43. The molecule has 3 fully saturated rings. The molecule has 164 valence electrons. The molecule has 0 aromatic heterocycles. The van der Waals surface area contributed by atoms with Crippen molar-refractivity contribution in [2.24, 2.45) is 5.92 Å². The van der Waals surface area contributed by atoms with Crippen LogP contribution in [-0.2, 0) is 14.8 Å². The fraction of sp³-hybridized carbons (Fsp3) is 0.619. The molecule has 0 saturated carbocycles. The minimum absolute atomic E-state index is 0.0375. The van der Waals surface area contributed by atoms with E-state index in [0.29, 0.717) is 39.0 Å². The van der Waals surface area contributed by atoms with Crippen LogP contribution in [0, 0.1) is 5.92 Å². The summed E-state index contributed by atoms with van der Waals surface area (Å²) in [6, 6.07) is 4.36. The van der Waals surface area contributed by atoms with Crippen molar-refractivity contribution in [3.05, 3.63) is 28.8 Å². The van der Waals surface area contributed by atoms with Gasteiger partial charge < -0.3 is 9.80 Å². The fourth-order valence-corrected chi connectivity index (χ4v) is 6.34. The number of carbonyl (C=O) groups is 2. The third-order valence-electron chi connectivity index (χ3n) is 6.42. The van der Waals surface area contributed by atoms with E-state index in [9.17, 15) is 18.0 Å². The summed E-state index contributed by atoms with van der Waals surface area (Å²) in [6.45, 7) is 3.64. The summed E-state index contributed by atoms with van der Waals surface area (Å²) in [5.41, 5.74) is 0.209. The van der Waals surface area contributed by atoms with E-state index in [-0.39, 0.29) is 33.2 Å². The van der Waals surface area contributed by atoms with Gasteiger partial charge in [-0.3, -0.25) is 9.59 Å². The normalized spacial score (nSPS) is 21.4. The van der Waals surface area contributed by atoms with E-state index in [4.69, 9.17) is 11.6 Å². The van der Waals surface area contributed by atoms with Gasteiger partial charge in [0.2, 0.25) is 15.9 Å². The standard InChI is InChI=1S/C21H28ClN3O4S/c22-19-6-5-17(30(28,29)25-11-3-4-12-25)15-18(19)21(27)24-13-7-16(8-14-24)20(26)23-9-1-2-10-23/h5-6,15-16H,1-4,7-14H2. The number of rotatable bonds is 4. The Morgan fingerprint density at radius 3 is 2.10 bits per heavy atom. The first-order valence-corrected chi connectivity index (χ1v) is 12.6. The lowest BCUT2D eigenvalue weighted by Gasteiger charge is -2.33. The van der Waals surface area contributed by atoms with Crippen molar-refractivity contribution < 1.29 is 18.0 Å². The lowest BCUT2D eigenvalue weighted by molar-refractivity contribution is -0.135. The van der Waals surface area contributed by atoms with E-state index in [1.165, 1.54) is 22.5 Å². The monoisotopic (exact) mass is 453 g/mol. The third-order valence-corrected chi connectivity index (χ3v) is 8.64. The molecule has 0 spiro atoms. The molecule has 0 N–H and O–H groups in total. The minimum Gasteiger partial charge on any atom is -0.342 e. The van der Waals surface area contributed by atoms with E-state index in [0.717, 1.165) is 38.8 Å². The van der Waals surface area contributed by atoms with Crippen LogP contribution < -0.4 is 0 Å². The molecular weight excluding hydrogens is 426 g/mol. The zero-order valence-electron chi connectivity index (χ0n) is 17.1. The van der Waals surface area contributed by atoms with Gasteiger partial charge in [0, 0.05) is 45.2 Å². The van der Waals surface area contributed by atoms with E-state index >= 15 is 0 Å². The van der Waals surface area contributed by atoms with E-state index in [1.54, 1.807) is 4.90 Å². The molecule has 3 heterocycles. The summed E-state index contributed by atoms with van der Waals surface area (Å²) in [5, 5.41) is 0.246. The van der Waals surface area contributed by atoms with Crippen LogP contribution in [-0.4, -0.2) is 73.6 Å². The number of hydrogen-bond acceptors (Lipinski definition) is 4. The van der Waals surface area contributed by atoms with Crippen LogP contribution in [0.1, 0.15) is 48.9 Å². The third kappa shape index (κ3) is 4.22. The van der Waals surface area contributed by atoms with Gasteiger partial charge in [0.05, 0.1) is 15.5 Å². The SMILES string of the molecule is O=C(c1cc(S(=O)(=O)N2CCCC2)ccc1Cl)N1CCC(C(=O)N2CCCC2)CC1. The number of likely N-dealkylation sites (tertiary alicyclic amines) is 2. The van der Waals surface area contributed by atoms with Gasteiger partial charge >= 0.3 is 0 Å². The molecule has 4 rings (SSSR count). The molecule has 7 nitrogen and oxygen atoms in total. The van der Waals surface area contributed by atoms with E-state index < -0.39 is 10.0 Å². The van der Waals surface area contributed by atoms with Crippen LogP contribution >= 0.6 is 11.6 Å². The maximum atomic E-state index is 13.1. The predicted octanol–water partition coefficient (Wildman–Crippen LogP) is 2.60. The van der Waals surface area contributed by atoms with Crippen molar-refractivity contribution in [2.75, 3.05) is 39.3 Å². The molecule has 2 amide bonds. The Bertz CT molecular complexity index is 916. The second-order valence-corrected chi connectivity index (χ2v) is 10.7. The zero-order valence-corrected chi connectivity index (χ0v) is 18.6. The van der Waals surface area contributed by atoms with Gasteiger partial charge in [0.15, 0.2) is 0 Å². The molecular formula is C21H28ClN3O4S. The average molecular weight is 454 g/mol. The number of nitrogens with zero attached hydrogens (tertiary/aromatic N) is 3. The van der Waals surface area contributed by atoms with Crippen molar-refractivity contribution in [1.29, 1.82) is 0 Å². The van der Waals surface area contributed by atoms with Crippen molar-refractivity contribution in [2.45, 2.75) is 43.4 Å². The number of carbonyl (C=O) groups excluding carboxylic acids is 2. The zero-order chi connectivity index (χ0) is 21.3. The number of halogens is 1. The quantitative estimate of drug-likeness (QED) is 0.702. The Labute approximate surface area is 183 Å². The topological polar surface area (TPSA) is 78.0 Å². The second-order valence-electron chi connectivity index (χ2n) is 8.35. The second kappa shape index (κ2) is 8.85. The summed E-state index contributed by atoms with van der Waals surface area (Å²) in [7, 11) is -3.62. The van der Waals surface area contributed by atoms with E-state index in [1.807, 2.05) is 4.90 Å². The molecule has 0 radical (unpaired) electrons. The highest BCUT2D eigenvalue weighted by Crippen LogP contribution is 2.28. The first kappa shape index (κ1) is 21.6. The van der Waals surface area contributed by atoms with Crippen LogP contribution in [0.4, 0.5) is 0 Å². The number of benzene rings is 1. The first-order chi connectivity index (χ1) is 14.4. The molecule has 30 heavy (non-hydrogen) atoms. The highest BCUT2D eigenvalue weighted by molar-refractivity contribution is 7.89. The summed E-state index contributed by atoms with van der Waals surface area (Å²) in [5.74, 6) is -0.105. The van der Waals surface area contributed by atoms with Crippen LogP contribution in [0.5, 0.6) is 0 Å². The van der Waals surface area contributed by atoms with Gasteiger partial charge in [-0.25, -0.2) is 8.42 Å². The minimum atomic E-state index is -3.62. The molecule has 0 bridgehead atoms. The summed E-state index contributed by atoms with van der Waals surface area (Å²) in [4.78, 5) is 29.4. The van der Waals surface area contributed by atoms with Crippen molar-refractivity contribution in [1.82, 2.24) is 14.1 Å². The molecule has 9 heteroatoms. The highest BCUT2D eigenvalue weighted by atomic mass is 35.5. The maximum absolute atomic E-state index is 13.1. The van der Waals surface area contributed by atoms with Gasteiger partial charge in [-0.1, -0.05) is 11.6 Å². The highest BCUT2D eigenvalue weighted by Gasteiger charge is 2.33. The van der Waals surface area contributed by atoms with Crippen LogP contribution in [0.2, 0.25) is 5.02 Å². The van der Waals surface area contributed by atoms with Crippen molar-refractivity contribution >= 4 is 33.4 Å². The Kier molecular flexibility index (Phi) is 6.36. The molecule has 0 unspecified atom stereocenters. The summed E-state index contributed by atoms with van der Waals surface area (Å²) >= 11 is 6.27. The molecule has 0 atom stereocenters. The van der Waals surface area contributed by atoms with Crippen LogP contribution in [0.3, 0.4) is 0 Å². The molecule has 1 aromatic carbocycles. The largest absolute Gasteiger partial charge is 0.342 e. The molecule has 0 aliphatic carbocycles. The maximum Gasteiger partial charge on any atom is 0.255 e. The van der Waals surface area contributed by atoms with Gasteiger partial charge in [-0.15, -0.1) is 0 Å². The Hall–Kier alpha value is -1.64. The average Bonchev–Trinajstić information content (AvgIpc) is 3.47. The smallest absolute Gasteiger partial charge is 0.255 e. The number of hydrogen-bond donors (Lipinski definition) is 0. The van der Waals surface area contributed by atoms with Crippen LogP contribution in [0.15, 0.2) is 23.1 Å². The molecule has 3 saturated heterocycles. The molecule has 1 aromatic rings. The number of sulfonamides is 1. The molecule has 3 aliphatic heterocycles. The number of amides is 2. The van der Waals surface area contributed by atoms with Crippen LogP contribution in [0.25, 0.3) is 0 Å². The van der Waals surface area contributed by atoms with E-state index in [2.05, 4.69) is 0 Å². The van der Waals surface area contributed by atoms with Crippen molar-refractivity contribution in [3.8, 4) is 0 Å². The predicted molar refractivity (Wildman–Crippen MR) is 114 cm³/mol. The molecule has 3 aliphatic rings. The Morgan fingerprint density at radius 1 is 0.867 bits per heavy atom. The Balaban J connectivity index is 1.45. The van der Waals surface area contributed by atoms with Gasteiger partial charge in [0.1, 0.15) is 0 Å².